The smallest absolute Gasteiger partial charge is 0.307 e. The maximum absolute atomic E-state index is 10.7. The highest BCUT2D eigenvalue weighted by atomic mass is 16.5. The molecule has 1 aliphatic carbocycles. The third-order valence-electron chi connectivity index (χ3n) is 2.12. The fourth-order valence-electron chi connectivity index (χ4n) is 1.52. The molecule has 0 unspecified atom stereocenters. The molecule has 0 amide bonds. The molecule has 0 aromatic carbocycles. The molecule has 0 N–H and O–H groups in total. The van der Waals surface area contributed by atoms with Crippen LogP contribution in [0.15, 0.2) is 11.8 Å². The van der Waals surface area contributed by atoms with Crippen molar-refractivity contribution in [3.8, 4) is 0 Å². The monoisotopic (exact) mass is 168 g/mol. The molecule has 0 saturated carbocycles. The molecular weight excluding hydrogens is 152 g/mol. The molecule has 0 aromatic heterocycles. The number of carbonyl (C=O) groups is 1. The SMILES string of the molecule is CC(=O)OC1=CCCC(C)(C)C1. The van der Waals surface area contributed by atoms with Gasteiger partial charge < -0.3 is 4.74 Å². The first-order valence-electron chi connectivity index (χ1n) is 4.37. The van der Waals surface area contributed by atoms with Crippen molar-refractivity contribution in [3.63, 3.8) is 0 Å². The van der Waals surface area contributed by atoms with E-state index < -0.39 is 0 Å². The minimum atomic E-state index is -0.209. The zero-order chi connectivity index (χ0) is 9.19. The molecule has 68 valence electrons. The predicted molar refractivity (Wildman–Crippen MR) is 47.5 cm³/mol. The highest BCUT2D eigenvalue weighted by Crippen LogP contribution is 2.35. The van der Waals surface area contributed by atoms with Crippen LogP contribution in [0.4, 0.5) is 0 Å². The van der Waals surface area contributed by atoms with Crippen LogP contribution in [0.5, 0.6) is 0 Å². The zero-order valence-corrected chi connectivity index (χ0v) is 8.02. The summed E-state index contributed by atoms with van der Waals surface area (Å²) in [6, 6.07) is 0. The minimum Gasteiger partial charge on any atom is -0.432 e. The number of esters is 1. The summed E-state index contributed by atoms with van der Waals surface area (Å²) in [4.78, 5) is 10.7. The van der Waals surface area contributed by atoms with Gasteiger partial charge in [-0.2, -0.15) is 0 Å². The van der Waals surface area contributed by atoms with Crippen LogP contribution in [0.2, 0.25) is 0 Å². The van der Waals surface area contributed by atoms with Crippen LogP contribution in [0, 0.1) is 5.41 Å². The van der Waals surface area contributed by atoms with Gasteiger partial charge in [-0.05, 0) is 24.3 Å². The van der Waals surface area contributed by atoms with Gasteiger partial charge in [-0.1, -0.05) is 13.8 Å². The summed E-state index contributed by atoms with van der Waals surface area (Å²) >= 11 is 0. The molecule has 12 heavy (non-hydrogen) atoms. The van der Waals surface area contributed by atoms with Gasteiger partial charge in [0.2, 0.25) is 0 Å². The summed E-state index contributed by atoms with van der Waals surface area (Å²) in [7, 11) is 0. The van der Waals surface area contributed by atoms with Gasteiger partial charge in [0.1, 0.15) is 5.76 Å². The number of allylic oxidation sites excluding steroid dienone is 2. The van der Waals surface area contributed by atoms with Gasteiger partial charge in [-0.3, -0.25) is 4.79 Å². The largest absolute Gasteiger partial charge is 0.432 e. The first-order valence-corrected chi connectivity index (χ1v) is 4.37. The van der Waals surface area contributed by atoms with Gasteiger partial charge in [0.25, 0.3) is 0 Å². The molecule has 1 rings (SSSR count). The Kier molecular flexibility index (Phi) is 2.55. The first-order chi connectivity index (χ1) is 5.49. The third kappa shape index (κ3) is 2.68. The maximum Gasteiger partial charge on any atom is 0.307 e. The van der Waals surface area contributed by atoms with Crippen LogP contribution in [0.25, 0.3) is 0 Å². The van der Waals surface area contributed by atoms with Crippen LogP contribution in [-0.4, -0.2) is 5.97 Å². The minimum absolute atomic E-state index is 0.209. The molecule has 1 aliphatic rings. The van der Waals surface area contributed by atoms with Crippen molar-refractivity contribution in [2.45, 2.75) is 40.0 Å². The number of carbonyl (C=O) groups excluding carboxylic acids is 1. The van der Waals surface area contributed by atoms with Crippen molar-refractivity contribution in [1.29, 1.82) is 0 Å². The number of ether oxygens (including phenoxy) is 1. The number of hydrogen-bond acceptors (Lipinski definition) is 2. The lowest BCUT2D eigenvalue weighted by Crippen LogP contribution is -2.17. The normalized spacial score (nSPS) is 21.4. The second kappa shape index (κ2) is 3.30. The highest BCUT2D eigenvalue weighted by molar-refractivity contribution is 5.67. The predicted octanol–water partition coefficient (Wildman–Crippen LogP) is 2.64. The van der Waals surface area contributed by atoms with E-state index in [0.717, 1.165) is 18.6 Å². The molecule has 0 bridgehead atoms. The summed E-state index contributed by atoms with van der Waals surface area (Å²) in [6.45, 7) is 5.84. The van der Waals surface area contributed by atoms with Crippen molar-refractivity contribution >= 4 is 5.97 Å². The van der Waals surface area contributed by atoms with Crippen molar-refractivity contribution < 1.29 is 9.53 Å². The lowest BCUT2D eigenvalue weighted by Gasteiger charge is -2.28. The Morgan fingerprint density at radius 1 is 1.58 bits per heavy atom. The van der Waals surface area contributed by atoms with Crippen LogP contribution >= 0.6 is 0 Å². The lowest BCUT2D eigenvalue weighted by molar-refractivity contribution is -0.137. The molecule has 0 aromatic rings. The topological polar surface area (TPSA) is 26.3 Å². The van der Waals surface area contributed by atoms with Crippen LogP contribution in [0.3, 0.4) is 0 Å². The van der Waals surface area contributed by atoms with Crippen molar-refractivity contribution in [2.75, 3.05) is 0 Å². The summed E-state index contributed by atoms with van der Waals surface area (Å²) < 4.78 is 5.05. The molecule has 0 fully saturated rings. The fraction of sp³-hybridized carbons (Fsp3) is 0.700. The average molecular weight is 168 g/mol. The van der Waals surface area contributed by atoms with E-state index >= 15 is 0 Å². The fourth-order valence-corrected chi connectivity index (χ4v) is 1.52. The lowest BCUT2D eigenvalue weighted by atomic mass is 9.80. The summed E-state index contributed by atoms with van der Waals surface area (Å²) in [5, 5.41) is 0. The Morgan fingerprint density at radius 2 is 2.25 bits per heavy atom. The van der Waals surface area contributed by atoms with E-state index in [1.807, 2.05) is 6.08 Å². The molecule has 0 radical (unpaired) electrons. The van der Waals surface area contributed by atoms with Gasteiger partial charge in [0.05, 0.1) is 0 Å². The maximum atomic E-state index is 10.7. The van der Waals surface area contributed by atoms with Gasteiger partial charge in [0, 0.05) is 13.3 Å². The molecule has 0 spiro atoms. The zero-order valence-electron chi connectivity index (χ0n) is 8.02. The van der Waals surface area contributed by atoms with Crippen LogP contribution in [-0.2, 0) is 9.53 Å². The van der Waals surface area contributed by atoms with Crippen molar-refractivity contribution in [3.05, 3.63) is 11.8 Å². The van der Waals surface area contributed by atoms with Crippen LogP contribution in [0.1, 0.15) is 40.0 Å². The molecule has 2 heteroatoms. The molecule has 0 aliphatic heterocycles. The number of rotatable bonds is 1. The van der Waals surface area contributed by atoms with Crippen molar-refractivity contribution in [1.82, 2.24) is 0 Å². The Balaban J connectivity index is 2.56. The van der Waals surface area contributed by atoms with Gasteiger partial charge in [-0.25, -0.2) is 0 Å². The molecule has 2 nitrogen and oxygen atoms in total. The number of hydrogen-bond donors (Lipinski definition) is 0. The van der Waals surface area contributed by atoms with E-state index in [9.17, 15) is 4.79 Å². The summed E-state index contributed by atoms with van der Waals surface area (Å²) in [5.74, 6) is 0.637. The molecular formula is C10H16O2. The second-order valence-corrected chi connectivity index (χ2v) is 4.14. The summed E-state index contributed by atoms with van der Waals surface area (Å²) in [5.41, 5.74) is 0.291. The Morgan fingerprint density at radius 3 is 2.75 bits per heavy atom. The standard InChI is InChI=1S/C10H16O2/c1-8(11)12-9-5-4-6-10(2,3)7-9/h5H,4,6-7H2,1-3H3. The first kappa shape index (κ1) is 9.30. The quantitative estimate of drug-likeness (QED) is 0.562. The van der Waals surface area contributed by atoms with E-state index in [1.54, 1.807) is 0 Å². The van der Waals surface area contributed by atoms with Gasteiger partial charge in [-0.15, -0.1) is 0 Å². The van der Waals surface area contributed by atoms with Crippen LogP contribution < -0.4 is 0 Å². The molecule has 0 atom stereocenters. The van der Waals surface area contributed by atoms with E-state index in [-0.39, 0.29) is 5.97 Å². The van der Waals surface area contributed by atoms with Gasteiger partial charge in [0.15, 0.2) is 0 Å². The van der Waals surface area contributed by atoms with Crippen molar-refractivity contribution in [2.24, 2.45) is 5.41 Å². The Bertz CT molecular complexity index is 214. The van der Waals surface area contributed by atoms with Gasteiger partial charge >= 0.3 is 5.97 Å². The molecule has 0 saturated heterocycles. The van der Waals surface area contributed by atoms with E-state index in [0.29, 0.717) is 5.41 Å². The summed E-state index contributed by atoms with van der Waals surface area (Å²) in [6.07, 6.45) is 5.10. The Hall–Kier alpha value is -0.790. The second-order valence-electron chi connectivity index (χ2n) is 4.14. The highest BCUT2D eigenvalue weighted by Gasteiger charge is 2.24. The molecule has 0 heterocycles. The van der Waals surface area contributed by atoms with E-state index in [2.05, 4.69) is 13.8 Å². The van der Waals surface area contributed by atoms with E-state index in [1.165, 1.54) is 13.3 Å². The average Bonchev–Trinajstić information content (AvgIpc) is 1.82. The Labute approximate surface area is 73.6 Å². The third-order valence-corrected chi connectivity index (χ3v) is 2.12. The van der Waals surface area contributed by atoms with E-state index in [4.69, 9.17) is 4.74 Å².